The second-order valence-electron chi connectivity index (χ2n) is 7.70. The van der Waals surface area contributed by atoms with Crippen molar-refractivity contribution in [2.45, 2.75) is 23.8 Å². The van der Waals surface area contributed by atoms with E-state index in [0.717, 1.165) is 4.31 Å². The standard InChI is InChI=1S/C23H19ClN2O7S/c24-18-6-1-4-16-5-2-8-21(22(16)18)34(31,32)25-13-3-7-19(25)23(28)33-14-20(27)15-9-11-17(12-10-15)26(29)30/h1-2,4-6,8-12,19H,3,7,13-14H2/t19-/m1/s1. The third kappa shape index (κ3) is 4.52. The summed E-state index contributed by atoms with van der Waals surface area (Å²) in [5, 5.41) is 12.0. The summed E-state index contributed by atoms with van der Waals surface area (Å²) in [5.41, 5.74) is -0.0337. The molecule has 0 amide bonds. The van der Waals surface area contributed by atoms with Gasteiger partial charge >= 0.3 is 5.97 Å². The molecule has 0 bridgehead atoms. The minimum Gasteiger partial charge on any atom is -0.456 e. The molecule has 0 unspecified atom stereocenters. The van der Waals surface area contributed by atoms with Crippen LogP contribution in [0.4, 0.5) is 5.69 Å². The maximum atomic E-state index is 13.5. The van der Waals surface area contributed by atoms with E-state index in [4.69, 9.17) is 16.3 Å². The largest absolute Gasteiger partial charge is 0.456 e. The summed E-state index contributed by atoms with van der Waals surface area (Å²) in [6, 6.07) is 13.7. The Morgan fingerprint density at radius 1 is 1.09 bits per heavy atom. The van der Waals surface area contributed by atoms with Gasteiger partial charge in [0, 0.05) is 34.6 Å². The van der Waals surface area contributed by atoms with Crippen molar-refractivity contribution in [2.75, 3.05) is 13.2 Å². The Kier molecular flexibility index (Phi) is 6.65. The van der Waals surface area contributed by atoms with Gasteiger partial charge in [-0.25, -0.2) is 8.42 Å². The summed E-state index contributed by atoms with van der Waals surface area (Å²) in [6.07, 6.45) is 0.704. The van der Waals surface area contributed by atoms with Crippen LogP contribution >= 0.6 is 11.6 Å². The van der Waals surface area contributed by atoms with Gasteiger partial charge in [-0.05, 0) is 42.5 Å². The number of fused-ring (bicyclic) bond motifs is 1. The molecule has 9 nitrogen and oxygen atoms in total. The molecule has 176 valence electrons. The molecule has 1 fully saturated rings. The first-order valence-corrected chi connectivity index (χ1v) is 12.2. The predicted molar refractivity (Wildman–Crippen MR) is 124 cm³/mol. The van der Waals surface area contributed by atoms with Gasteiger partial charge in [0.25, 0.3) is 5.69 Å². The van der Waals surface area contributed by atoms with Gasteiger partial charge in [-0.3, -0.25) is 19.7 Å². The molecule has 1 aliphatic rings. The van der Waals surface area contributed by atoms with Crippen molar-refractivity contribution in [3.05, 3.63) is 81.4 Å². The van der Waals surface area contributed by atoms with Gasteiger partial charge < -0.3 is 4.74 Å². The van der Waals surface area contributed by atoms with E-state index < -0.39 is 39.3 Å². The van der Waals surface area contributed by atoms with E-state index in [1.807, 2.05) is 0 Å². The predicted octanol–water partition coefficient (Wildman–Crippen LogP) is 3.98. The van der Waals surface area contributed by atoms with Crippen molar-refractivity contribution in [1.29, 1.82) is 0 Å². The van der Waals surface area contributed by atoms with Crippen molar-refractivity contribution in [3.8, 4) is 0 Å². The molecule has 0 N–H and O–H groups in total. The first-order valence-electron chi connectivity index (χ1n) is 10.3. The normalized spacial score (nSPS) is 16.4. The van der Waals surface area contributed by atoms with Crippen molar-refractivity contribution in [2.24, 2.45) is 0 Å². The summed E-state index contributed by atoms with van der Waals surface area (Å²) in [4.78, 5) is 35.2. The minimum atomic E-state index is -4.09. The summed E-state index contributed by atoms with van der Waals surface area (Å²) in [7, 11) is -4.09. The number of ether oxygens (including phenoxy) is 1. The summed E-state index contributed by atoms with van der Waals surface area (Å²) in [5.74, 6) is -1.39. The zero-order valence-electron chi connectivity index (χ0n) is 17.7. The number of hydrogen-bond acceptors (Lipinski definition) is 7. The third-order valence-corrected chi connectivity index (χ3v) is 7.89. The number of Topliss-reactive ketones (excluding diaryl/α,β-unsaturated/α-hetero) is 1. The molecule has 1 heterocycles. The quantitative estimate of drug-likeness (QED) is 0.207. The number of carbonyl (C=O) groups is 2. The highest BCUT2D eigenvalue weighted by atomic mass is 35.5. The average Bonchev–Trinajstić information content (AvgIpc) is 3.33. The molecule has 34 heavy (non-hydrogen) atoms. The van der Waals surface area contributed by atoms with Crippen molar-refractivity contribution >= 4 is 49.8 Å². The summed E-state index contributed by atoms with van der Waals surface area (Å²) >= 11 is 6.29. The molecule has 0 radical (unpaired) electrons. The molecule has 1 atom stereocenters. The molecule has 1 aliphatic heterocycles. The number of sulfonamides is 1. The second-order valence-corrected chi connectivity index (χ2v) is 9.97. The lowest BCUT2D eigenvalue weighted by Crippen LogP contribution is -2.41. The molecular weight excluding hydrogens is 484 g/mol. The van der Waals surface area contributed by atoms with Crippen LogP contribution in [0.1, 0.15) is 23.2 Å². The fraction of sp³-hybridized carbons (Fsp3) is 0.217. The molecule has 0 aliphatic carbocycles. The van der Waals surface area contributed by atoms with Crippen LogP contribution in [-0.2, 0) is 19.6 Å². The third-order valence-electron chi connectivity index (χ3n) is 5.62. The van der Waals surface area contributed by atoms with Crippen molar-refractivity contribution in [1.82, 2.24) is 4.31 Å². The van der Waals surface area contributed by atoms with Gasteiger partial charge in [0.05, 0.1) is 9.82 Å². The Morgan fingerprint density at radius 3 is 2.44 bits per heavy atom. The highest BCUT2D eigenvalue weighted by molar-refractivity contribution is 7.89. The Balaban J connectivity index is 1.51. The van der Waals surface area contributed by atoms with Crippen LogP contribution in [0, 0.1) is 10.1 Å². The number of benzene rings is 3. The first-order chi connectivity index (χ1) is 16.2. The molecule has 1 saturated heterocycles. The van der Waals surface area contributed by atoms with Crippen LogP contribution in [-0.4, -0.2) is 48.6 Å². The average molecular weight is 503 g/mol. The molecule has 0 aromatic heterocycles. The molecule has 11 heteroatoms. The maximum Gasteiger partial charge on any atom is 0.324 e. The minimum absolute atomic E-state index is 0.00254. The number of non-ortho nitro benzene ring substituents is 1. The lowest BCUT2D eigenvalue weighted by molar-refractivity contribution is -0.384. The molecule has 3 aromatic rings. The van der Waals surface area contributed by atoms with E-state index in [0.29, 0.717) is 17.2 Å². The number of halogens is 1. The molecule has 0 saturated carbocycles. The van der Waals surface area contributed by atoms with E-state index in [-0.39, 0.29) is 34.1 Å². The van der Waals surface area contributed by atoms with Gasteiger partial charge in [-0.2, -0.15) is 4.31 Å². The number of ketones is 1. The summed E-state index contributed by atoms with van der Waals surface area (Å²) < 4.78 is 33.2. The number of nitro benzene ring substituents is 1. The van der Waals surface area contributed by atoms with Gasteiger partial charge in [0.15, 0.2) is 12.4 Å². The smallest absolute Gasteiger partial charge is 0.324 e. The van der Waals surface area contributed by atoms with Gasteiger partial charge in [-0.1, -0.05) is 35.9 Å². The topological polar surface area (TPSA) is 124 Å². The van der Waals surface area contributed by atoms with Crippen molar-refractivity contribution < 1.29 is 27.7 Å². The zero-order valence-corrected chi connectivity index (χ0v) is 19.3. The fourth-order valence-corrected chi connectivity index (χ4v) is 6.18. The lowest BCUT2D eigenvalue weighted by Gasteiger charge is -2.23. The van der Waals surface area contributed by atoms with E-state index in [2.05, 4.69) is 0 Å². The first kappa shape index (κ1) is 23.8. The lowest BCUT2D eigenvalue weighted by atomic mass is 10.1. The highest BCUT2D eigenvalue weighted by Gasteiger charge is 2.41. The zero-order chi connectivity index (χ0) is 24.5. The van der Waals surface area contributed by atoms with Crippen molar-refractivity contribution in [3.63, 3.8) is 0 Å². The SMILES string of the molecule is O=C(COC(=O)[C@H]1CCCN1S(=O)(=O)c1cccc2cccc(Cl)c12)c1ccc([N+](=O)[O-])cc1. The van der Waals surface area contributed by atoms with Crippen LogP contribution in [0.5, 0.6) is 0 Å². The van der Waals surface area contributed by atoms with Gasteiger partial charge in [0.2, 0.25) is 10.0 Å². The Morgan fingerprint density at radius 2 is 1.76 bits per heavy atom. The van der Waals surface area contributed by atoms with E-state index in [9.17, 15) is 28.1 Å². The number of nitro groups is 1. The maximum absolute atomic E-state index is 13.5. The van der Waals surface area contributed by atoms with Gasteiger partial charge in [0.1, 0.15) is 6.04 Å². The molecule has 0 spiro atoms. The number of rotatable bonds is 7. The monoisotopic (exact) mass is 502 g/mol. The number of carbonyl (C=O) groups excluding carboxylic acids is 2. The van der Waals surface area contributed by atoms with E-state index in [1.54, 1.807) is 30.3 Å². The van der Waals surface area contributed by atoms with Crippen LogP contribution in [0.15, 0.2) is 65.6 Å². The van der Waals surface area contributed by atoms with Crippen LogP contribution in [0.3, 0.4) is 0 Å². The number of esters is 1. The highest BCUT2D eigenvalue weighted by Crippen LogP contribution is 2.34. The molecule has 4 rings (SSSR count). The molecular formula is C23H19ClN2O7S. The molecule has 3 aromatic carbocycles. The Hall–Kier alpha value is -3.34. The van der Waals surface area contributed by atoms with Crippen LogP contribution < -0.4 is 0 Å². The second kappa shape index (κ2) is 9.49. The summed E-state index contributed by atoms with van der Waals surface area (Å²) in [6.45, 7) is -0.486. The number of hydrogen-bond donors (Lipinski definition) is 0. The fourth-order valence-electron chi connectivity index (χ4n) is 3.95. The number of nitrogens with zero attached hydrogens (tertiary/aromatic N) is 2. The van der Waals surface area contributed by atoms with Crippen LogP contribution in [0.2, 0.25) is 5.02 Å². The Bertz CT molecular complexity index is 1380. The van der Waals surface area contributed by atoms with Gasteiger partial charge in [-0.15, -0.1) is 0 Å². The van der Waals surface area contributed by atoms with E-state index in [1.165, 1.54) is 30.3 Å². The Labute approximate surface area is 200 Å². The van der Waals surface area contributed by atoms with Crippen LogP contribution in [0.25, 0.3) is 10.8 Å². The van der Waals surface area contributed by atoms with E-state index >= 15 is 0 Å².